The van der Waals surface area contributed by atoms with E-state index >= 15 is 0 Å². The Balaban J connectivity index is 1.38. The number of aryl methyl sites for hydroxylation is 1. The summed E-state index contributed by atoms with van der Waals surface area (Å²) in [6.45, 7) is 6.63. The molecule has 2 aliphatic heterocycles. The van der Waals surface area contributed by atoms with E-state index in [4.69, 9.17) is 4.74 Å². The Labute approximate surface area is 134 Å². The number of likely N-dealkylation sites (tertiary alicyclic amines) is 1. The molecule has 1 N–H and O–H groups in total. The normalized spacial score (nSPS) is 23.4. The number of hydrogen-bond donors (Lipinski definition) is 1. The lowest BCUT2D eigenvalue weighted by Gasteiger charge is -2.33. The maximum Gasteiger partial charge on any atom is 0.110 e. The molecule has 1 atom stereocenters. The molecule has 2 aliphatic rings. The van der Waals surface area contributed by atoms with E-state index in [1.165, 1.54) is 37.1 Å². The molecule has 1 aromatic rings. The second-order valence-corrected chi connectivity index (χ2v) is 6.65. The maximum absolute atomic E-state index is 5.63. The van der Waals surface area contributed by atoms with E-state index in [0.717, 1.165) is 25.9 Å². The molecule has 0 aromatic heterocycles. The quantitative estimate of drug-likeness (QED) is 0.903. The summed E-state index contributed by atoms with van der Waals surface area (Å²) < 4.78 is 5.63. The van der Waals surface area contributed by atoms with Crippen LogP contribution in [0.3, 0.4) is 0 Å². The first-order valence-corrected chi connectivity index (χ1v) is 8.61. The zero-order valence-electron chi connectivity index (χ0n) is 13.6. The molecule has 0 radical (unpaired) electrons. The number of ether oxygens (including phenoxy) is 1. The summed E-state index contributed by atoms with van der Waals surface area (Å²) in [5, 5.41) is 3.70. The number of nitrogens with one attached hydrogen (secondary N) is 1. The van der Waals surface area contributed by atoms with Gasteiger partial charge >= 0.3 is 0 Å². The lowest BCUT2D eigenvalue weighted by molar-refractivity contribution is 0.111. The van der Waals surface area contributed by atoms with Gasteiger partial charge in [-0.2, -0.15) is 0 Å². The first-order valence-electron chi connectivity index (χ1n) is 8.61. The Kier molecular flexibility index (Phi) is 5.52. The Morgan fingerprint density at radius 1 is 1.23 bits per heavy atom. The topological polar surface area (TPSA) is 24.5 Å². The average Bonchev–Trinajstić information content (AvgIpc) is 2.55. The van der Waals surface area contributed by atoms with E-state index in [1.807, 2.05) is 6.26 Å². The summed E-state index contributed by atoms with van der Waals surface area (Å²) in [5.41, 5.74) is 2.80. The van der Waals surface area contributed by atoms with E-state index in [2.05, 4.69) is 47.5 Å². The van der Waals surface area contributed by atoms with Crippen molar-refractivity contribution in [2.45, 2.75) is 51.3 Å². The highest BCUT2D eigenvalue weighted by Gasteiger charge is 2.20. The summed E-state index contributed by atoms with van der Waals surface area (Å²) in [6, 6.07) is 9.53. The van der Waals surface area contributed by atoms with Gasteiger partial charge in [0.2, 0.25) is 0 Å². The summed E-state index contributed by atoms with van der Waals surface area (Å²) in [6.07, 6.45) is 9.13. The molecule has 0 aliphatic carbocycles. The fraction of sp³-hybridized carbons (Fsp3) is 0.579. The van der Waals surface area contributed by atoms with Crippen LogP contribution in [-0.2, 0) is 11.3 Å². The van der Waals surface area contributed by atoms with Crippen molar-refractivity contribution in [3.05, 3.63) is 47.7 Å². The highest BCUT2D eigenvalue weighted by atomic mass is 16.5. The molecule has 0 spiro atoms. The molecule has 0 amide bonds. The zero-order valence-corrected chi connectivity index (χ0v) is 13.6. The Bertz CT molecular complexity index is 492. The van der Waals surface area contributed by atoms with Crippen molar-refractivity contribution in [3.8, 4) is 0 Å². The SMILES string of the molecule is Cc1cccc(CN2CCC(NC[C@@H]3CCC=CO3)CC2)c1. The van der Waals surface area contributed by atoms with Gasteiger partial charge < -0.3 is 10.1 Å². The Morgan fingerprint density at radius 2 is 2.09 bits per heavy atom. The van der Waals surface area contributed by atoms with Crippen molar-refractivity contribution in [2.24, 2.45) is 0 Å². The van der Waals surface area contributed by atoms with Crippen molar-refractivity contribution in [1.82, 2.24) is 10.2 Å². The largest absolute Gasteiger partial charge is 0.497 e. The van der Waals surface area contributed by atoms with E-state index in [0.29, 0.717) is 12.1 Å². The molecule has 0 unspecified atom stereocenters. The molecule has 3 rings (SSSR count). The Morgan fingerprint density at radius 3 is 2.82 bits per heavy atom. The third-order valence-electron chi connectivity index (χ3n) is 4.73. The minimum absolute atomic E-state index is 0.371. The molecule has 3 heteroatoms. The van der Waals surface area contributed by atoms with Crippen LogP contribution in [0.5, 0.6) is 0 Å². The van der Waals surface area contributed by atoms with Crippen LogP contribution in [0.4, 0.5) is 0 Å². The molecule has 120 valence electrons. The van der Waals surface area contributed by atoms with E-state index in [1.54, 1.807) is 0 Å². The van der Waals surface area contributed by atoms with Crippen molar-refractivity contribution >= 4 is 0 Å². The van der Waals surface area contributed by atoms with Crippen molar-refractivity contribution in [1.29, 1.82) is 0 Å². The summed E-state index contributed by atoms with van der Waals surface area (Å²) in [7, 11) is 0. The van der Waals surface area contributed by atoms with Crippen molar-refractivity contribution in [2.75, 3.05) is 19.6 Å². The van der Waals surface area contributed by atoms with Gasteiger partial charge in [0.1, 0.15) is 6.10 Å². The fourth-order valence-electron chi connectivity index (χ4n) is 3.40. The van der Waals surface area contributed by atoms with Gasteiger partial charge in [-0.15, -0.1) is 0 Å². The minimum Gasteiger partial charge on any atom is -0.497 e. The number of hydrogen-bond acceptors (Lipinski definition) is 3. The minimum atomic E-state index is 0.371. The second kappa shape index (κ2) is 7.80. The Hall–Kier alpha value is -1.32. The van der Waals surface area contributed by atoms with Crippen LogP contribution < -0.4 is 5.32 Å². The number of rotatable bonds is 5. The highest BCUT2D eigenvalue weighted by molar-refractivity contribution is 5.22. The van der Waals surface area contributed by atoms with Crippen LogP contribution >= 0.6 is 0 Å². The fourth-order valence-corrected chi connectivity index (χ4v) is 3.40. The lowest BCUT2D eigenvalue weighted by atomic mass is 10.0. The van der Waals surface area contributed by atoms with Crippen LogP contribution in [0, 0.1) is 6.92 Å². The lowest BCUT2D eigenvalue weighted by Crippen LogP contribution is -2.44. The second-order valence-electron chi connectivity index (χ2n) is 6.65. The van der Waals surface area contributed by atoms with E-state index < -0.39 is 0 Å². The van der Waals surface area contributed by atoms with Gasteiger partial charge in [-0.1, -0.05) is 29.8 Å². The average molecular weight is 300 g/mol. The monoisotopic (exact) mass is 300 g/mol. The molecule has 1 fully saturated rings. The molecular weight excluding hydrogens is 272 g/mol. The van der Waals surface area contributed by atoms with Crippen LogP contribution in [0.25, 0.3) is 0 Å². The van der Waals surface area contributed by atoms with Crippen molar-refractivity contribution in [3.63, 3.8) is 0 Å². The summed E-state index contributed by atoms with van der Waals surface area (Å²) in [4.78, 5) is 2.58. The number of nitrogens with zero attached hydrogens (tertiary/aromatic N) is 1. The molecule has 22 heavy (non-hydrogen) atoms. The van der Waals surface area contributed by atoms with Crippen LogP contribution in [-0.4, -0.2) is 36.7 Å². The molecule has 2 heterocycles. The molecule has 1 saturated heterocycles. The summed E-state index contributed by atoms with van der Waals surface area (Å²) in [5.74, 6) is 0. The summed E-state index contributed by atoms with van der Waals surface area (Å²) >= 11 is 0. The third kappa shape index (κ3) is 4.59. The van der Waals surface area contributed by atoms with Gasteiger partial charge in [0.15, 0.2) is 0 Å². The first-order chi connectivity index (χ1) is 10.8. The molecule has 1 aromatic carbocycles. The van der Waals surface area contributed by atoms with Gasteiger partial charge in [-0.25, -0.2) is 0 Å². The third-order valence-corrected chi connectivity index (χ3v) is 4.73. The molecular formula is C19H28N2O. The predicted molar refractivity (Wildman–Crippen MR) is 90.7 cm³/mol. The molecule has 0 bridgehead atoms. The van der Waals surface area contributed by atoms with Gasteiger partial charge in [-0.05, 0) is 57.3 Å². The van der Waals surface area contributed by atoms with E-state index in [9.17, 15) is 0 Å². The van der Waals surface area contributed by atoms with Crippen LogP contribution in [0.15, 0.2) is 36.6 Å². The first kappa shape index (κ1) is 15.6. The van der Waals surface area contributed by atoms with Gasteiger partial charge in [0.25, 0.3) is 0 Å². The number of piperidine rings is 1. The van der Waals surface area contributed by atoms with Crippen molar-refractivity contribution < 1.29 is 4.74 Å². The number of benzene rings is 1. The van der Waals surface area contributed by atoms with Gasteiger partial charge in [-0.3, -0.25) is 4.90 Å². The van der Waals surface area contributed by atoms with Crippen LogP contribution in [0.2, 0.25) is 0 Å². The number of allylic oxidation sites excluding steroid dienone is 1. The molecule has 0 saturated carbocycles. The zero-order chi connectivity index (χ0) is 15.2. The predicted octanol–water partition coefficient (Wildman–Crippen LogP) is 3.24. The van der Waals surface area contributed by atoms with Gasteiger partial charge in [0, 0.05) is 19.1 Å². The standard InChI is InChI=1S/C19H28N2O/c1-16-5-4-6-17(13-16)15-21-10-8-18(9-11-21)20-14-19-7-2-3-12-22-19/h3-6,12-13,18-20H,2,7-11,14-15H2,1H3/t19-/m0/s1. The van der Waals surface area contributed by atoms with Crippen LogP contribution in [0.1, 0.15) is 36.8 Å². The smallest absolute Gasteiger partial charge is 0.110 e. The van der Waals surface area contributed by atoms with Gasteiger partial charge in [0.05, 0.1) is 6.26 Å². The van der Waals surface area contributed by atoms with E-state index in [-0.39, 0.29) is 0 Å². The highest BCUT2D eigenvalue weighted by Crippen LogP contribution is 2.16. The molecule has 3 nitrogen and oxygen atoms in total. The maximum atomic E-state index is 5.63.